The van der Waals surface area contributed by atoms with Crippen LogP contribution in [0.4, 0.5) is 0 Å². The summed E-state index contributed by atoms with van der Waals surface area (Å²) in [6.45, 7) is 8.87. The number of unbranched alkanes of at least 4 members (excludes halogenated alkanes) is 1. The number of halogens is 1. The molecule has 1 N–H and O–H groups in total. The van der Waals surface area contributed by atoms with Gasteiger partial charge >= 0.3 is 0 Å². The first-order valence-corrected chi connectivity index (χ1v) is 13.6. The second kappa shape index (κ2) is 14.0. The predicted molar refractivity (Wildman–Crippen MR) is 153 cm³/mol. The van der Waals surface area contributed by atoms with Gasteiger partial charge < -0.3 is 15.0 Å². The molecule has 2 amide bonds. The average molecular weight is 566 g/mol. The lowest BCUT2D eigenvalue weighted by atomic mass is 10.0. The van der Waals surface area contributed by atoms with Crippen molar-refractivity contribution in [3.05, 3.63) is 99.0 Å². The minimum atomic E-state index is -0.667. The third-order valence-corrected chi connectivity index (χ3v) is 7.01. The molecule has 3 aromatic rings. The Morgan fingerprint density at radius 2 is 1.68 bits per heavy atom. The van der Waals surface area contributed by atoms with E-state index in [1.54, 1.807) is 4.90 Å². The van der Waals surface area contributed by atoms with Crippen LogP contribution >= 0.6 is 15.9 Å². The minimum Gasteiger partial charge on any atom is -0.483 e. The second-order valence-electron chi connectivity index (χ2n) is 9.49. The maximum atomic E-state index is 13.7. The van der Waals surface area contributed by atoms with Crippen LogP contribution in [0, 0.1) is 20.8 Å². The van der Waals surface area contributed by atoms with Crippen molar-refractivity contribution in [2.45, 2.75) is 59.5 Å². The highest BCUT2D eigenvalue weighted by Gasteiger charge is 2.30. The normalized spacial score (nSPS) is 11.6. The Labute approximate surface area is 229 Å². The van der Waals surface area contributed by atoms with E-state index in [1.807, 2.05) is 81.4 Å². The zero-order valence-electron chi connectivity index (χ0n) is 22.2. The van der Waals surface area contributed by atoms with Crippen LogP contribution < -0.4 is 10.1 Å². The summed E-state index contributed by atoms with van der Waals surface area (Å²) >= 11 is 3.48. The number of ether oxygens (including phenoxy) is 1. The van der Waals surface area contributed by atoms with Gasteiger partial charge in [-0.25, -0.2) is 0 Å². The number of carbonyl (C=O) groups excluding carboxylic acids is 2. The molecule has 3 rings (SSSR count). The fourth-order valence-electron chi connectivity index (χ4n) is 4.22. The summed E-state index contributed by atoms with van der Waals surface area (Å²) in [4.78, 5) is 28.9. The van der Waals surface area contributed by atoms with Crippen molar-refractivity contribution in [1.82, 2.24) is 10.2 Å². The van der Waals surface area contributed by atoms with Crippen molar-refractivity contribution in [3.8, 4) is 5.75 Å². The maximum Gasteiger partial charge on any atom is 0.261 e. The number of hydrogen-bond donors (Lipinski definition) is 1. The van der Waals surface area contributed by atoms with Gasteiger partial charge in [-0.05, 0) is 73.2 Å². The number of rotatable bonds is 12. The van der Waals surface area contributed by atoms with Gasteiger partial charge in [-0.1, -0.05) is 77.8 Å². The zero-order valence-corrected chi connectivity index (χ0v) is 23.8. The first-order chi connectivity index (χ1) is 17.8. The summed E-state index contributed by atoms with van der Waals surface area (Å²) in [6.07, 6.45) is 2.29. The van der Waals surface area contributed by atoms with E-state index in [9.17, 15) is 9.59 Å². The monoisotopic (exact) mass is 564 g/mol. The van der Waals surface area contributed by atoms with Crippen molar-refractivity contribution in [3.63, 3.8) is 0 Å². The topological polar surface area (TPSA) is 58.6 Å². The van der Waals surface area contributed by atoms with E-state index in [0.717, 1.165) is 45.1 Å². The number of aryl methyl sites for hydroxylation is 2. The molecule has 0 spiro atoms. The quantitative estimate of drug-likeness (QED) is 0.262. The molecule has 0 aliphatic heterocycles. The Balaban J connectivity index is 1.91. The van der Waals surface area contributed by atoms with Crippen molar-refractivity contribution in [1.29, 1.82) is 0 Å². The second-order valence-corrected chi connectivity index (χ2v) is 10.4. The fourth-order valence-corrected chi connectivity index (χ4v) is 4.48. The van der Waals surface area contributed by atoms with Gasteiger partial charge in [0.25, 0.3) is 5.91 Å². The maximum absolute atomic E-state index is 13.7. The molecular formula is C31H37BrN2O3. The smallest absolute Gasteiger partial charge is 0.261 e. The van der Waals surface area contributed by atoms with E-state index < -0.39 is 6.04 Å². The molecule has 0 aromatic heterocycles. The first kappa shape index (κ1) is 28.5. The standard InChI is InChI=1S/C31H37BrN2O3/c1-5-6-16-33-31(36)28(19-25-10-8-7-9-11-25)34(20-26-12-14-27(32)15-13-26)30(35)21-37-29-18-22(2)17-23(3)24(29)4/h7-15,17-18,28H,5-6,16,19-21H2,1-4H3,(H,33,36)/t28-/m0/s1. The molecule has 0 aliphatic rings. The number of carbonyl (C=O) groups is 2. The molecule has 0 saturated heterocycles. The lowest BCUT2D eigenvalue weighted by Gasteiger charge is -2.31. The average Bonchev–Trinajstić information content (AvgIpc) is 2.89. The molecule has 0 heterocycles. The van der Waals surface area contributed by atoms with Crippen LogP contribution in [0.15, 0.2) is 71.2 Å². The Kier molecular flexibility index (Phi) is 10.8. The van der Waals surface area contributed by atoms with Crippen LogP contribution in [0.25, 0.3) is 0 Å². The van der Waals surface area contributed by atoms with Crippen LogP contribution in [-0.4, -0.2) is 35.9 Å². The van der Waals surface area contributed by atoms with Crippen molar-refractivity contribution in [2.24, 2.45) is 0 Å². The van der Waals surface area contributed by atoms with E-state index in [0.29, 0.717) is 25.3 Å². The SMILES string of the molecule is CCCCNC(=O)[C@H](Cc1ccccc1)N(Cc1ccc(Br)cc1)C(=O)COc1cc(C)cc(C)c1C. The molecule has 0 radical (unpaired) electrons. The molecule has 0 saturated carbocycles. The molecule has 3 aromatic carbocycles. The third kappa shape index (κ3) is 8.46. The van der Waals surface area contributed by atoms with Gasteiger partial charge in [0.15, 0.2) is 6.61 Å². The summed E-state index contributed by atoms with van der Waals surface area (Å²) in [5.41, 5.74) is 5.15. The van der Waals surface area contributed by atoms with Gasteiger partial charge in [0.1, 0.15) is 11.8 Å². The molecule has 6 heteroatoms. The Morgan fingerprint density at radius 3 is 2.35 bits per heavy atom. The Hall–Kier alpha value is -3.12. The van der Waals surface area contributed by atoms with Crippen molar-refractivity contribution >= 4 is 27.7 Å². The largest absolute Gasteiger partial charge is 0.483 e. The molecule has 0 unspecified atom stereocenters. The van der Waals surface area contributed by atoms with Crippen LogP contribution in [0.3, 0.4) is 0 Å². The molecule has 0 aliphatic carbocycles. The summed E-state index contributed by atoms with van der Waals surface area (Å²) in [5.74, 6) is 0.319. The van der Waals surface area contributed by atoms with Gasteiger partial charge in [-0.2, -0.15) is 0 Å². The molecule has 5 nitrogen and oxygen atoms in total. The van der Waals surface area contributed by atoms with Gasteiger partial charge in [0.2, 0.25) is 5.91 Å². The van der Waals surface area contributed by atoms with Gasteiger partial charge in [-0.15, -0.1) is 0 Å². The van der Waals surface area contributed by atoms with Gasteiger partial charge in [-0.3, -0.25) is 9.59 Å². The third-order valence-electron chi connectivity index (χ3n) is 6.48. The van der Waals surface area contributed by atoms with Crippen LogP contribution in [0.5, 0.6) is 5.75 Å². The van der Waals surface area contributed by atoms with E-state index >= 15 is 0 Å². The van der Waals surface area contributed by atoms with Crippen LogP contribution in [-0.2, 0) is 22.6 Å². The molecular weight excluding hydrogens is 528 g/mol. The number of amides is 2. The highest BCUT2D eigenvalue weighted by molar-refractivity contribution is 9.10. The summed E-state index contributed by atoms with van der Waals surface area (Å²) in [6, 6.07) is 21.0. The molecule has 0 fully saturated rings. The van der Waals surface area contributed by atoms with Gasteiger partial charge in [0, 0.05) is 24.0 Å². The van der Waals surface area contributed by atoms with Gasteiger partial charge in [0.05, 0.1) is 0 Å². The summed E-state index contributed by atoms with van der Waals surface area (Å²) in [5, 5.41) is 3.05. The zero-order chi connectivity index (χ0) is 26.8. The predicted octanol–water partition coefficient (Wildman–Crippen LogP) is 6.31. The van der Waals surface area contributed by atoms with E-state index in [-0.39, 0.29) is 18.4 Å². The number of hydrogen-bond acceptors (Lipinski definition) is 3. The lowest BCUT2D eigenvalue weighted by molar-refractivity contribution is -0.142. The summed E-state index contributed by atoms with van der Waals surface area (Å²) in [7, 11) is 0. The lowest BCUT2D eigenvalue weighted by Crippen LogP contribution is -2.51. The summed E-state index contributed by atoms with van der Waals surface area (Å²) < 4.78 is 7.01. The Bertz CT molecular complexity index is 1180. The highest BCUT2D eigenvalue weighted by atomic mass is 79.9. The van der Waals surface area contributed by atoms with Crippen molar-refractivity contribution < 1.29 is 14.3 Å². The molecule has 0 bridgehead atoms. The number of nitrogens with one attached hydrogen (secondary N) is 1. The first-order valence-electron chi connectivity index (χ1n) is 12.8. The highest BCUT2D eigenvalue weighted by Crippen LogP contribution is 2.24. The minimum absolute atomic E-state index is 0.145. The molecule has 196 valence electrons. The number of nitrogens with zero attached hydrogens (tertiary/aromatic N) is 1. The van der Waals surface area contributed by atoms with Crippen LogP contribution in [0.1, 0.15) is 47.6 Å². The van der Waals surface area contributed by atoms with E-state index in [1.165, 1.54) is 0 Å². The molecule has 1 atom stereocenters. The fraction of sp³-hybridized carbons (Fsp3) is 0.355. The van der Waals surface area contributed by atoms with Crippen molar-refractivity contribution in [2.75, 3.05) is 13.2 Å². The Morgan fingerprint density at radius 1 is 0.973 bits per heavy atom. The molecule has 37 heavy (non-hydrogen) atoms. The van der Waals surface area contributed by atoms with E-state index in [4.69, 9.17) is 4.74 Å². The van der Waals surface area contributed by atoms with E-state index in [2.05, 4.69) is 34.2 Å². The van der Waals surface area contributed by atoms with Crippen LogP contribution in [0.2, 0.25) is 0 Å². The number of benzene rings is 3.